The van der Waals surface area contributed by atoms with E-state index in [4.69, 9.17) is 5.26 Å². The van der Waals surface area contributed by atoms with Crippen molar-refractivity contribution in [2.45, 2.75) is 13.0 Å². The van der Waals surface area contributed by atoms with Crippen LogP contribution in [0.5, 0.6) is 0 Å². The van der Waals surface area contributed by atoms with Gasteiger partial charge >= 0.3 is 0 Å². The summed E-state index contributed by atoms with van der Waals surface area (Å²) in [5.41, 5.74) is 0.972. The summed E-state index contributed by atoms with van der Waals surface area (Å²) in [5, 5.41) is 11.5. The van der Waals surface area contributed by atoms with Gasteiger partial charge in [0.1, 0.15) is 0 Å². The fraction of sp³-hybridized carbons (Fsp3) is 0.133. The zero-order valence-corrected chi connectivity index (χ0v) is 12.6. The van der Waals surface area contributed by atoms with Crippen molar-refractivity contribution in [3.63, 3.8) is 0 Å². The van der Waals surface area contributed by atoms with Gasteiger partial charge in [-0.25, -0.2) is 0 Å². The summed E-state index contributed by atoms with van der Waals surface area (Å²) in [5.74, 6) is -0.198. The molecule has 0 saturated carbocycles. The van der Waals surface area contributed by atoms with Crippen molar-refractivity contribution in [3.05, 3.63) is 63.0 Å². The van der Waals surface area contributed by atoms with Crippen molar-refractivity contribution in [1.29, 1.82) is 5.26 Å². The van der Waals surface area contributed by atoms with E-state index in [1.54, 1.807) is 36.5 Å². The van der Waals surface area contributed by atoms with Crippen LogP contribution in [-0.4, -0.2) is 10.5 Å². The molecule has 1 N–H and O–H groups in total. The molecular weight excluding hydrogens is 334 g/mol. The van der Waals surface area contributed by atoms with Crippen molar-refractivity contribution < 1.29 is 4.79 Å². The quantitative estimate of drug-likeness (QED) is 0.924. The minimum Gasteiger partial charge on any atom is -0.325 e. The monoisotopic (exact) mass is 345 g/mol. The lowest BCUT2D eigenvalue weighted by Gasteiger charge is -2.08. The second-order valence-corrected chi connectivity index (χ2v) is 5.19. The van der Waals surface area contributed by atoms with Gasteiger partial charge < -0.3 is 9.88 Å². The molecule has 1 amide bonds. The average Bonchev–Trinajstić information content (AvgIpc) is 2.48. The van der Waals surface area contributed by atoms with E-state index < -0.39 is 0 Å². The van der Waals surface area contributed by atoms with Gasteiger partial charge in [-0.3, -0.25) is 9.59 Å². The number of pyridine rings is 1. The van der Waals surface area contributed by atoms with E-state index in [1.807, 2.05) is 6.07 Å². The largest absolute Gasteiger partial charge is 0.325 e. The Bertz CT molecular complexity index is 762. The van der Waals surface area contributed by atoms with Gasteiger partial charge in [-0.1, -0.05) is 6.07 Å². The summed E-state index contributed by atoms with van der Waals surface area (Å²) in [7, 11) is 0. The Hall–Kier alpha value is -2.39. The molecule has 0 aliphatic heterocycles. The van der Waals surface area contributed by atoms with Gasteiger partial charge in [0.05, 0.1) is 17.3 Å². The summed E-state index contributed by atoms with van der Waals surface area (Å²) >= 11 is 3.30. The molecule has 0 fully saturated rings. The first kappa shape index (κ1) is 15.0. The molecule has 1 heterocycles. The van der Waals surface area contributed by atoms with Crippen LogP contribution < -0.4 is 10.9 Å². The Morgan fingerprint density at radius 1 is 1.33 bits per heavy atom. The van der Waals surface area contributed by atoms with Crippen LogP contribution in [0.15, 0.2) is 51.9 Å². The number of anilines is 1. The summed E-state index contributed by atoms with van der Waals surface area (Å²) in [4.78, 5) is 23.4. The fourth-order valence-electron chi connectivity index (χ4n) is 1.77. The van der Waals surface area contributed by atoms with Crippen molar-refractivity contribution in [2.75, 3.05) is 5.32 Å². The van der Waals surface area contributed by atoms with E-state index in [0.717, 1.165) is 0 Å². The number of hydrogen-bond donors (Lipinski definition) is 1. The molecule has 0 bridgehead atoms. The lowest BCUT2D eigenvalue weighted by Crippen LogP contribution is -2.21. The number of halogens is 1. The van der Waals surface area contributed by atoms with Crippen molar-refractivity contribution in [1.82, 2.24) is 4.57 Å². The Kier molecular flexibility index (Phi) is 4.90. The normalized spacial score (nSPS) is 9.90. The van der Waals surface area contributed by atoms with Crippen molar-refractivity contribution >= 4 is 27.5 Å². The third-order valence-corrected chi connectivity index (χ3v) is 3.51. The Balaban J connectivity index is 1.98. The maximum Gasteiger partial charge on any atom is 0.250 e. The molecule has 106 valence electrons. The Labute approximate surface area is 130 Å². The van der Waals surface area contributed by atoms with Gasteiger partial charge in [0.25, 0.3) is 5.56 Å². The summed E-state index contributed by atoms with van der Waals surface area (Å²) in [6, 6.07) is 11.8. The first-order valence-electron chi connectivity index (χ1n) is 6.25. The summed E-state index contributed by atoms with van der Waals surface area (Å²) in [6.07, 6.45) is 1.84. The number of aryl methyl sites for hydroxylation is 1. The molecule has 21 heavy (non-hydrogen) atoms. The first-order valence-corrected chi connectivity index (χ1v) is 7.04. The zero-order chi connectivity index (χ0) is 15.2. The lowest BCUT2D eigenvalue weighted by molar-refractivity contribution is -0.116. The Morgan fingerprint density at radius 3 is 2.81 bits per heavy atom. The standard InChI is InChI=1S/C15H12BrN3O2/c16-12-9-11(10-17)4-5-13(12)18-14(20)6-8-19-7-2-1-3-15(19)21/h1-5,7,9H,6,8H2,(H,18,20). The number of carbonyl (C=O) groups excluding carboxylic acids is 1. The predicted molar refractivity (Wildman–Crippen MR) is 82.8 cm³/mol. The van der Waals surface area contributed by atoms with E-state index in [1.165, 1.54) is 10.6 Å². The van der Waals surface area contributed by atoms with E-state index in [2.05, 4.69) is 21.2 Å². The third-order valence-electron chi connectivity index (χ3n) is 2.85. The number of carbonyl (C=O) groups is 1. The molecule has 0 atom stereocenters. The molecule has 2 rings (SSSR count). The molecule has 0 spiro atoms. The first-order chi connectivity index (χ1) is 10.1. The minimum absolute atomic E-state index is 0.134. The molecule has 0 aliphatic carbocycles. The third kappa shape index (κ3) is 4.04. The molecule has 2 aromatic rings. The highest BCUT2D eigenvalue weighted by molar-refractivity contribution is 9.10. The molecule has 5 nitrogen and oxygen atoms in total. The minimum atomic E-state index is -0.198. The van der Waals surface area contributed by atoms with E-state index >= 15 is 0 Å². The van der Waals surface area contributed by atoms with Crippen LogP contribution in [0.2, 0.25) is 0 Å². The molecule has 0 unspecified atom stereocenters. The topological polar surface area (TPSA) is 74.9 Å². The SMILES string of the molecule is N#Cc1ccc(NC(=O)CCn2ccccc2=O)c(Br)c1. The second-order valence-electron chi connectivity index (χ2n) is 4.34. The predicted octanol–water partition coefficient (Wildman–Crippen LogP) is 2.51. The number of nitriles is 1. The van der Waals surface area contributed by atoms with Gasteiger partial charge in [0.15, 0.2) is 0 Å². The summed E-state index contributed by atoms with van der Waals surface area (Å²) < 4.78 is 2.12. The molecule has 1 aromatic heterocycles. The van der Waals surface area contributed by atoms with Gasteiger partial charge in [0.2, 0.25) is 5.91 Å². The smallest absolute Gasteiger partial charge is 0.250 e. The number of rotatable bonds is 4. The molecular formula is C15H12BrN3O2. The highest BCUT2D eigenvalue weighted by Crippen LogP contribution is 2.23. The van der Waals surface area contributed by atoms with Gasteiger partial charge in [-0.05, 0) is 40.2 Å². The van der Waals surface area contributed by atoms with Crippen LogP contribution in [0, 0.1) is 11.3 Å². The van der Waals surface area contributed by atoms with E-state index in [-0.39, 0.29) is 17.9 Å². The number of nitrogens with one attached hydrogen (secondary N) is 1. The summed E-state index contributed by atoms with van der Waals surface area (Å²) in [6.45, 7) is 0.319. The van der Waals surface area contributed by atoms with Crippen LogP contribution in [0.4, 0.5) is 5.69 Å². The maximum atomic E-state index is 11.9. The van der Waals surface area contributed by atoms with Crippen LogP contribution in [0.3, 0.4) is 0 Å². The van der Waals surface area contributed by atoms with E-state index in [9.17, 15) is 9.59 Å². The number of nitrogens with zero attached hydrogens (tertiary/aromatic N) is 2. The molecule has 1 aromatic carbocycles. The van der Waals surface area contributed by atoms with Gasteiger partial charge in [-0.2, -0.15) is 5.26 Å². The number of hydrogen-bond acceptors (Lipinski definition) is 3. The molecule has 0 radical (unpaired) electrons. The zero-order valence-electron chi connectivity index (χ0n) is 11.0. The highest BCUT2D eigenvalue weighted by atomic mass is 79.9. The van der Waals surface area contributed by atoms with Crippen LogP contribution in [0.1, 0.15) is 12.0 Å². The van der Waals surface area contributed by atoms with Crippen LogP contribution in [0.25, 0.3) is 0 Å². The fourth-order valence-corrected chi connectivity index (χ4v) is 2.24. The lowest BCUT2D eigenvalue weighted by atomic mass is 10.2. The second kappa shape index (κ2) is 6.86. The molecule has 6 heteroatoms. The Morgan fingerprint density at radius 2 is 2.14 bits per heavy atom. The van der Waals surface area contributed by atoms with E-state index in [0.29, 0.717) is 22.3 Å². The molecule has 0 aliphatic rings. The molecule has 0 saturated heterocycles. The van der Waals surface area contributed by atoms with Crippen LogP contribution >= 0.6 is 15.9 Å². The number of amides is 1. The van der Waals surface area contributed by atoms with Crippen LogP contribution in [-0.2, 0) is 11.3 Å². The number of benzene rings is 1. The maximum absolute atomic E-state index is 11.9. The van der Waals surface area contributed by atoms with Gasteiger partial charge in [-0.15, -0.1) is 0 Å². The van der Waals surface area contributed by atoms with Crippen molar-refractivity contribution in [2.24, 2.45) is 0 Å². The highest BCUT2D eigenvalue weighted by Gasteiger charge is 2.07. The van der Waals surface area contributed by atoms with Crippen molar-refractivity contribution in [3.8, 4) is 6.07 Å². The number of aromatic nitrogens is 1. The average molecular weight is 346 g/mol. The van der Waals surface area contributed by atoms with Gasteiger partial charge in [0, 0.05) is 29.7 Å².